The summed E-state index contributed by atoms with van der Waals surface area (Å²) < 4.78 is 28.9. The third-order valence-corrected chi connectivity index (χ3v) is 3.47. The Labute approximate surface area is 124 Å². The van der Waals surface area contributed by atoms with Gasteiger partial charge in [0.15, 0.2) is 0 Å². The summed E-state index contributed by atoms with van der Waals surface area (Å²) in [5.74, 6) is -0.388. The standard InChI is InChI=1S/C14H24F2N2O3/c1-5-9-12(19)17-11(14(2,3)4)13(20)18(9)6-7-21-8-10(15)16/h9-11H,5-8H2,1-4H3,(H,17,19). The van der Waals surface area contributed by atoms with Crippen LogP contribution in [-0.2, 0) is 14.3 Å². The Hall–Kier alpha value is -1.24. The maximum atomic E-state index is 12.5. The first-order chi connectivity index (χ1) is 9.68. The molecule has 0 saturated carbocycles. The molecule has 1 N–H and O–H groups in total. The molecular weight excluding hydrogens is 282 g/mol. The van der Waals surface area contributed by atoms with Gasteiger partial charge in [-0.15, -0.1) is 0 Å². The second kappa shape index (κ2) is 7.15. The highest BCUT2D eigenvalue weighted by atomic mass is 19.3. The van der Waals surface area contributed by atoms with E-state index in [1.54, 1.807) is 0 Å². The zero-order chi connectivity index (χ0) is 16.2. The molecular formula is C14H24F2N2O3. The second-order valence-electron chi connectivity index (χ2n) is 6.23. The van der Waals surface area contributed by atoms with Gasteiger partial charge in [0.1, 0.15) is 18.7 Å². The lowest BCUT2D eigenvalue weighted by Crippen LogP contribution is -2.66. The van der Waals surface area contributed by atoms with Gasteiger partial charge >= 0.3 is 0 Å². The third-order valence-electron chi connectivity index (χ3n) is 3.47. The Kier molecular flexibility index (Phi) is 6.07. The fraction of sp³-hybridized carbons (Fsp3) is 0.857. The number of carbonyl (C=O) groups excluding carboxylic acids is 2. The lowest BCUT2D eigenvalue weighted by atomic mass is 9.83. The van der Waals surface area contributed by atoms with Gasteiger partial charge in [-0.05, 0) is 11.8 Å². The van der Waals surface area contributed by atoms with E-state index in [0.717, 1.165) is 0 Å². The highest BCUT2D eigenvalue weighted by Crippen LogP contribution is 2.25. The fourth-order valence-electron chi connectivity index (χ4n) is 2.36. The molecule has 1 fully saturated rings. The van der Waals surface area contributed by atoms with Gasteiger partial charge in [0.25, 0.3) is 6.43 Å². The van der Waals surface area contributed by atoms with Crippen LogP contribution in [-0.4, -0.2) is 55.0 Å². The highest BCUT2D eigenvalue weighted by Gasteiger charge is 2.44. The summed E-state index contributed by atoms with van der Waals surface area (Å²) in [6.07, 6.45) is -2.06. The summed E-state index contributed by atoms with van der Waals surface area (Å²) in [6.45, 7) is 6.89. The molecule has 7 heteroatoms. The summed E-state index contributed by atoms with van der Waals surface area (Å²) in [4.78, 5) is 26.1. The van der Waals surface area contributed by atoms with Crippen molar-refractivity contribution < 1.29 is 23.1 Å². The highest BCUT2D eigenvalue weighted by molar-refractivity contribution is 5.97. The molecule has 1 aliphatic rings. The second-order valence-corrected chi connectivity index (χ2v) is 6.23. The van der Waals surface area contributed by atoms with Gasteiger partial charge in [0.2, 0.25) is 11.8 Å². The van der Waals surface area contributed by atoms with E-state index in [9.17, 15) is 18.4 Å². The average Bonchev–Trinajstić information content (AvgIpc) is 2.36. The van der Waals surface area contributed by atoms with E-state index in [2.05, 4.69) is 5.32 Å². The average molecular weight is 306 g/mol. The lowest BCUT2D eigenvalue weighted by Gasteiger charge is -2.43. The summed E-state index contributed by atoms with van der Waals surface area (Å²) in [5.41, 5.74) is -0.409. The minimum Gasteiger partial charge on any atom is -0.374 e. The monoisotopic (exact) mass is 306 g/mol. The quantitative estimate of drug-likeness (QED) is 0.755. The van der Waals surface area contributed by atoms with Crippen molar-refractivity contribution in [1.82, 2.24) is 10.2 Å². The van der Waals surface area contributed by atoms with Gasteiger partial charge in [-0.2, -0.15) is 0 Å². The molecule has 0 aromatic rings. The number of ether oxygens (including phenoxy) is 1. The van der Waals surface area contributed by atoms with Crippen LogP contribution in [0.15, 0.2) is 0 Å². The van der Waals surface area contributed by atoms with Crippen LogP contribution < -0.4 is 5.32 Å². The SMILES string of the molecule is CCC1C(=O)NC(C(C)(C)C)C(=O)N1CCOCC(F)F. The molecule has 1 aliphatic heterocycles. The summed E-state index contributed by atoms with van der Waals surface area (Å²) in [6, 6.07) is -1.17. The van der Waals surface area contributed by atoms with E-state index in [-0.39, 0.29) is 25.0 Å². The fourth-order valence-corrected chi connectivity index (χ4v) is 2.36. The molecule has 2 unspecified atom stereocenters. The van der Waals surface area contributed by atoms with Crippen LogP contribution in [0.4, 0.5) is 8.78 Å². The normalized spacial score (nSPS) is 23.7. The molecule has 1 saturated heterocycles. The van der Waals surface area contributed by atoms with Crippen LogP contribution in [0, 0.1) is 5.41 Å². The number of nitrogens with zero attached hydrogens (tertiary/aromatic N) is 1. The molecule has 0 radical (unpaired) electrons. The maximum absolute atomic E-state index is 12.5. The molecule has 0 spiro atoms. The molecule has 0 aromatic carbocycles. The molecule has 2 atom stereocenters. The van der Waals surface area contributed by atoms with E-state index in [1.165, 1.54) is 4.90 Å². The summed E-state index contributed by atoms with van der Waals surface area (Å²) >= 11 is 0. The number of amides is 2. The molecule has 21 heavy (non-hydrogen) atoms. The first-order valence-electron chi connectivity index (χ1n) is 7.15. The van der Waals surface area contributed by atoms with Crippen molar-refractivity contribution in [1.29, 1.82) is 0 Å². The Morgan fingerprint density at radius 1 is 1.33 bits per heavy atom. The van der Waals surface area contributed by atoms with Crippen molar-refractivity contribution in [3.63, 3.8) is 0 Å². The Bertz CT molecular complexity index is 383. The lowest BCUT2D eigenvalue weighted by molar-refractivity contribution is -0.153. The number of hydrogen-bond donors (Lipinski definition) is 1. The van der Waals surface area contributed by atoms with E-state index < -0.39 is 30.5 Å². The molecule has 0 bridgehead atoms. The number of carbonyl (C=O) groups is 2. The van der Waals surface area contributed by atoms with Crippen molar-refractivity contribution in [3.8, 4) is 0 Å². The maximum Gasteiger partial charge on any atom is 0.261 e. The van der Waals surface area contributed by atoms with Crippen LogP contribution >= 0.6 is 0 Å². The summed E-state index contributed by atoms with van der Waals surface area (Å²) in [5, 5.41) is 2.75. The zero-order valence-corrected chi connectivity index (χ0v) is 13.0. The van der Waals surface area contributed by atoms with Crippen LogP contribution in [0.1, 0.15) is 34.1 Å². The topological polar surface area (TPSA) is 58.6 Å². The van der Waals surface area contributed by atoms with E-state index in [1.807, 2.05) is 27.7 Å². The molecule has 5 nitrogen and oxygen atoms in total. The Morgan fingerprint density at radius 2 is 1.95 bits per heavy atom. The molecule has 0 aliphatic carbocycles. The number of rotatable bonds is 6. The van der Waals surface area contributed by atoms with Gasteiger partial charge in [0, 0.05) is 6.54 Å². The van der Waals surface area contributed by atoms with E-state index in [0.29, 0.717) is 6.42 Å². The molecule has 0 aromatic heterocycles. The molecule has 122 valence electrons. The van der Waals surface area contributed by atoms with Crippen LogP contribution in [0.25, 0.3) is 0 Å². The molecule has 1 rings (SSSR count). The van der Waals surface area contributed by atoms with Gasteiger partial charge in [-0.3, -0.25) is 9.59 Å². The first kappa shape index (κ1) is 17.8. The van der Waals surface area contributed by atoms with Gasteiger partial charge in [-0.25, -0.2) is 8.78 Å². The summed E-state index contributed by atoms with van der Waals surface area (Å²) in [7, 11) is 0. The number of halogens is 2. The smallest absolute Gasteiger partial charge is 0.261 e. The van der Waals surface area contributed by atoms with Gasteiger partial charge in [-0.1, -0.05) is 27.7 Å². The minimum absolute atomic E-state index is 0.00325. The predicted octanol–water partition coefficient (Wildman–Crippen LogP) is 1.42. The van der Waals surface area contributed by atoms with Crippen LogP contribution in [0.2, 0.25) is 0 Å². The number of nitrogens with one attached hydrogen (secondary N) is 1. The van der Waals surface area contributed by atoms with E-state index >= 15 is 0 Å². The van der Waals surface area contributed by atoms with Crippen molar-refractivity contribution in [3.05, 3.63) is 0 Å². The predicted molar refractivity (Wildman–Crippen MR) is 74.0 cm³/mol. The van der Waals surface area contributed by atoms with E-state index in [4.69, 9.17) is 4.74 Å². The zero-order valence-electron chi connectivity index (χ0n) is 13.0. The van der Waals surface area contributed by atoms with Crippen molar-refractivity contribution in [2.75, 3.05) is 19.8 Å². The third kappa shape index (κ3) is 4.62. The van der Waals surface area contributed by atoms with Crippen molar-refractivity contribution >= 4 is 11.8 Å². The molecule has 1 heterocycles. The Balaban J connectivity index is 2.75. The molecule has 2 amide bonds. The number of hydrogen-bond acceptors (Lipinski definition) is 3. The van der Waals surface area contributed by atoms with Crippen molar-refractivity contribution in [2.24, 2.45) is 5.41 Å². The first-order valence-corrected chi connectivity index (χ1v) is 7.15. The van der Waals surface area contributed by atoms with Crippen LogP contribution in [0.3, 0.4) is 0 Å². The van der Waals surface area contributed by atoms with Gasteiger partial charge < -0.3 is 15.0 Å². The van der Waals surface area contributed by atoms with Crippen molar-refractivity contribution in [2.45, 2.75) is 52.6 Å². The van der Waals surface area contributed by atoms with Gasteiger partial charge in [0.05, 0.1) is 6.61 Å². The number of alkyl halides is 2. The minimum atomic E-state index is -2.53. The Morgan fingerprint density at radius 3 is 2.43 bits per heavy atom. The largest absolute Gasteiger partial charge is 0.374 e. The van der Waals surface area contributed by atoms with Crippen LogP contribution in [0.5, 0.6) is 0 Å². The number of piperazine rings is 1.